The van der Waals surface area contributed by atoms with Gasteiger partial charge in [-0.15, -0.1) is 11.3 Å². The van der Waals surface area contributed by atoms with E-state index in [1.165, 1.54) is 18.4 Å². The van der Waals surface area contributed by atoms with Gasteiger partial charge in [-0.05, 0) is 23.6 Å². The molecule has 1 amide bonds. The molecule has 6 heteroatoms. The van der Waals surface area contributed by atoms with Crippen LogP contribution in [0.2, 0.25) is 0 Å². The lowest BCUT2D eigenvalue weighted by molar-refractivity contribution is 0.0607. The summed E-state index contributed by atoms with van der Waals surface area (Å²) in [7, 11) is 1.30. The quantitative estimate of drug-likeness (QED) is 0.753. The van der Waals surface area contributed by atoms with Crippen LogP contribution >= 0.6 is 11.3 Å². The predicted molar refractivity (Wildman–Crippen MR) is 85.4 cm³/mol. The minimum Gasteiger partial charge on any atom is -0.465 e. The van der Waals surface area contributed by atoms with Crippen LogP contribution in [0.5, 0.6) is 0 Å². The van der Waals surface area contributed by atoms with Gasteiger partial charge < -0.3 is 10.1 Å². The molecule has 0 fully saturated rings. The number of para-hydroxylation sites is 1. The van der Waals surface area contributed by atoms with Crippen molar-refractivity contribution in [2.45, 2.75) is 0 Å². The Morgan fingerprint density at radius 3 is 2.77 bits per heavy atom. The molecule has 5 nitrogen and oxygen atoms in total. The normalized spacial score (nSPS) is 10.4. The molecule has 0 atom stereocenters. The molecule has 0 spiro atoms. The number of pyridine rings is 1. The minimum absolute atomic E-state index is 0.292. The van der Waals surface area contributed by atoms with Gasteiger partial charge in [-0.25, -0.2) is 9.78 Å². The average molecular weight is 312 g/mol. The Labute approximate surface area is 130 Å². The maximum atomic E-state index is 12.3. The first-order valence-electron chi connectivity index (χ1n) is 6.52. The van der Waals surface area contributed by atoms with Gasteiger partial charge in [0.25, 0.3) is 5.91 Å². The van der Waals surface area contributed by atoms with Crippen LogP contribution in [0.1, 0.15) is 20.2 Å². The summed E-state index contributed by atoms with van der Waals surface area (Å²) in [6.45, 7) is 0. The van der Waals surface area contributed by atoms with E-state index in [-0.39, 0.29) is 5.91 Å². The Kier molecular flexibility index (Phi) is 3.84. The number of hydrogen-bond acceptors (Lipinski definition) is 5. The van der Waals surface area contributed by atoms with Crippen molar-refractivity contribution < 1.29 is 14.3 Å². The molecular weight excluding hydrogens is 300 g/mol. The number of carbonyl (C=O) groups excluding carboxylic acids is 2. The summed E-state index contributed by atoms with van der Waals surface area (Å²) in [5.74, 6) is -0.842. The largest absolute Gasteiger partial charge is 0.465 e. The van der Waals surface area contributed by atoms with Crippen molar-refractivity contribution in [2.24, 2.45) is 0 Å². The van der Waals surface area contributed by atoms with Crippen LogP contribution in [0.25, 0.3) is 10.9 Å². The van der Waals surface area contributed by atoms with Crippen molar-refractivity contribution in [1.82, 2.24) is 4.98 Å². The van der Waals surface area contributed by atoms with E-state index in [2.05, 4.69) is 15.0 Å². The third kappa shape index (κ3) is 2.68. The average Bonchev–Trinajstić information content (AvgIpc) is 3.01. The van der Waals surface area contributed by atoms with E-state index < -0.39 is 5.97 Å². The number of thiophene rings is 1. The molecule has 0 aliphatic carbocycles. The van der Waals surface area contributed by atoms with Gasteiger partial charge >= 0.3 is 5.97 Å². The van der Waals surface area contributed by atoms with Crippen LogP contribution in [0.3, 0.4) is 0 Å². The number of amides is 1. The molecular formula is C16H12N2O3S. The van der Waals surface area contributed by atoms with Crippen molar-refractivity contribution >= 4 is 39.8 Å². The lowest BCUT2D eigenvalue weighted by Gasteiger charge is -2.06. The summed E-state index contributed by atoms with van der Waals surface area (Å²) in [6, 6.07) is 12.7. The van der Waals surface area contributed by atoms with Gasteiger partial charge in [0.2, 0.25) is 0 Å². The van der Waals surface area contributed by atoms with Crippen LogP contribution in [0, 0.1) is 0 Å². The second kappa shape index (κ2) is 5.95. The number of fused-ring (bicyclic) bond motifs is 1. The fourth-order valence-corrected chi connectivity index (χ4v) is 2.80. The van der Waals surface area contributed by atoms with Gasteiger partial charge in [-0.2, -0.15) is 0 Å². The SMILES string of the molecule is COC(=O)c1sccc1NC(=O)c1ccc2ccccc2n1. The minimum atomic E-state index is -0.475. The first kappa shape index (κ1) is 14.2. The number of esters is 1. The lowest BCUT2D eigenvalue weighted by atomic mass is 10.2. The van der Waals surface area contributed by atoms with Gasteiger partial charge in [0.05, 0.1) is 18.3 Å². The zero-order valence-electron chi connectivity index (χ0n) is 11.7. The number of nitrogens with zero attached hydrogens (tertiary/aromatic N) is 1. The molecule has 22 heavy (non-hydrogen) atoms. The summed E-state index contributed by atoms with van der Waals surface area (Å²) in [4.78, 5) is 28.6. The number of anilines is 1. The Hall–Kier alpha value is -2.73. The number of carbonyl (C=O) groups is 2. The van der Waals surface area contributed by atoms with Crippen molar-refractivity contribution in [3.05, 3.63) is 58.4 Å². The molecule has 3 aromatic rings. The van der Waals surface area contributed by atoms with E-state index in [9.17, 15) is 9.59 Å². The van der Waals surface area contributed by atoms with Crippen LogP contribution in [0.4, 0.5) is 5.69 Å². The van der Waals surface area contributed by atoms with E-state index in [0.29, 0.717) is 16.3 Å². The highest BCUT2D eigenvalue weighted by atomic mass is 32.1. The topological polar surface area (TPSA) is 68.3 Å². The Morgan fingerprint density at radius 2 is 1.95 bits per heavy atom. The van der Waals surface area contributed by atoms with Gasteiger partial charge in [0, 0.05) is 5.39 Å². The van der Waals surface area contributed by atoms with Crippen molar-refractivity contribution in [2.75, 3.05) is 12.4 Å². The van der Waals surface area contributed by atoms with E-state index in [4.69, 9.17) is 0 Å². The molecule has 2 heterocycles. The number of methoxy groups -OCH3 is 1. The summed E-state index contributed by atoms with van der Waals surface area (Å²) >= 11 is 1.21. The Morgan fingerprint density at radius 1 is 1.14 bits per heavy atom. The fourth-order valence-electron chi connectivity index (χ4n) is 2.04. The Bertz CT molecular complexity index is 857. The number of aromatic nitrogens is 1. The maximum absolute atomic E-state index is 12.3. The van der Waals surface area contributed by atoms with Crippen LogP contribution < -0.4 is 5.32 Å². The summed E-state index contributed by atoms with van der Waals surface area (Å²) in [5.41, 5.74) is 1.46. The molecule has 3 rings (SSSR count). The highest BCUT2D eigenvalue weighted by Gasteiger charge is 2.17. The van der Waals surface area contributed by atoms with E-state index in [1.54, 1.807) is 17.5 Å². The highest BCUT2D eigenvalue weighted by molar-refractivity contribution is 7.12. The lowest BCUT2D eigenvalue weighted by Crippen LogP contribution is -2.15. The first-order valence-corrected chi connectivity index (χ1v) is 7.40. The molecule has 0 radical (unpaired) electrons. The van der Waals surface area contributed by atoms with E-state index in [0.717, 1.165) is 10.9 Å². The van der Waals surface area contributed by atoms with Crippen LogP contribution in [-0.2, 0) is 4.74 Å². The maximum Gasteiger partial charge on any atom is 0.350 e. The molecule has 0 unspecified atom stereocenters. The summed E-state index contributed by atoms with van der Waals surface area (Å²) in [5, 5.41) is 5.38. The number of benzene rings is 1. The molecule has 0 saturated heterocycles. The van der Waals surface area contributed by atoms with Gasteiger partial charge in [0.1, 0.15) is 10.6 Å². The number of ether oxygens (including phenoxy) is 1. The summed E-state index contributed by atoms with van der Waals surface area (Å²) in [6.07, 6.45) is 0. The van der Waals surface area contributed by atoms with Crippen LogP contribution in [-0.4, -0.2) is 24.0 Å². The standard InChI is InChI=1S/C16H12N2O3S/c1-21-16(20)14-12(8-9-22-14)18-15(19)13-7-6-10-4-2-3-5-11(10)17-13/h2-9H,1H3,(H,18,19). The van der Waals surface area contributed by atoms with Gasteiger partial charge in [-0.1, -0.05) is 24.3 Å². The number of hydrogen-bond donors (Lipinski definition) is 1. The molecule has 2 aromatic heterocycles. The molecule has 1 N–H and O–H groups in total. The van der Waals surface area contributed by atoms with Gasteiger partial charge in [-0.3, -0.25) is 4.79 Å². The molecule has 0 aliphatic heterocycles. The smallest absolute Gasteiger partial charge is 0.350 e. The Balaban J connectivity index is 1.87. The second-order valence-corrected chi connectivity index (χ2v) is 5.41. The zero-order valence-corrected chi connectivity index (χ0v) is 12.5. The second-order valence-electron chi connectivity index (χ2n) is 4.50. The highest BCUT2D eigenvalue weighted by Crippen LogP contribution is 2.23. The molecule has 0 bridgehead atoms. The van der Waals surface area contributed by atoms with E-state index >= 15 is 0 Å². The fraction of sp³-hybridized carbons (Fsp3) is 0.0625. The monoisotopic (exact) mass is 312 g/mol. The van der Waals surface area contributed by atoms with E-state index in [1.807, 2.05) is 30.3 Å². The number of rotatable bonds is 3. The summed E-state index contributed by atoms with van der Waals surface area (Å²) < 4.78 is 4.68. The van der Waals surface area contributed by atoms with Crippen molar-refractivity contribution in [3.63, 3.8) is 0 Å². The third-order valence-electron chi connectivity index (χ3n) is 3.12. The zero-order chi connectivity index (χ0) is 15.5. The van der Waals surface area contributed by atoms with Crippen molar-refractivity contribution in [3.8, 4) is 0 Å². The molecule has 0 aliphatic rings. The molecule has 1 aromatic carbocycles. The van der Waals surface area contributed by atoms with Crippen LogP contribution in [0.15, 0.2) is 47.8 Å². The third-order valence-corrected chi connectivity index (χ3v) is 4.01. The predicted octanol–water partition coefficient (Wildman–Crippen LogP) is 3.34. The molecule has 110 valence electrons. The molecule has 0 saturated carbocycles. The number of nitrogens with one attached hydrogen (secondary N) is 1. The first-order chi connectivity index (χ1) is 10.7. The van der Waals surface area contributed by atoms with Gasteiger partial charge in [0.15, 0.2) is 0 Å². The van der Waals surface area contributed by atoms with Crippen molar-refractivity contribution in [1.29, 1.82) is 0 Å².